The van der Waals surface area contributed by atoms with E-state index in [9.17, 15) is 19.0 Å². The van der Waals surface area contributed by atoms with Crippen molar-refractivity contribution in [3.8, 4) is 0 Å². The van der Waals surface area contributed by atoms with Gasteiger partial charge in [0.25, 0.3) is 0 Å². The first-order chi connectivity index (χ1) is 33.8. The standard InChI is InChI=1S/C59H114NO8P/c1-3-5-7-9-11-13-15-17-19-21-22-23-24-25-26-27-28-29-30-31-32-33-34-36-38-40-42-44-46-48-50-52-59(62)68-57(56-67-69(63,64)66-54-53-60)55-65-58(61)51-49-47-45-43-41-39-37-35-20-18-16-14-12-10-8-6-4-2/h18,20-22,57H,3-17,19,23-56,60H2,1-2H3,(H,63,64)/b20-18-,22-21-. The Morgan fingerprint density at radius 2 is 0.710 bits per heavy atom. The molecule has 9 nitrogen and oxygen atoms in total. The summed E-state index contributed by atoms with van der Waals surface area (Å²) in [6.07, 6.45) is 65.3. The van der Waals surface area contributed by atoms with Crippen LogP contribution >= 0.6 is 7.82 Å². The van der Waals surface area contributed by atoms with E-state index in [2.05, 4.69) is 38.2 Å². The zero-order valence-corrected chi connectivity index (χ0v) is 46.5. The molecular formula is C59H114NO8P. The van der Waals surface area contributed by atoms with Gasteiger partial charge in [0.2, 0.25) is 0 Å². The topological polar surface area (TPSA) is 134 Å². The van der Waals surface area contributed by atoms with Crippen molar-refractivity contribution in [2.45, 2.75) is 315 Å². The Hall–Kier alpha value is -1.51. The number of allylic oxidation sites excluding steroid dienone is 4. The van der Waals surface area contributed by atoms with Crippen LogP contribution in [0.25, 0.3) is 0 Å². The molecule has 0 saturated carbocycles. The molecule has 0 radical (unpaired) electrons. The molecule has 0 spiro atoms. The monoisotopic (exact) mass is 996 g/mol. The van der Waals surface area contributed by atoms with E-state index >= 15 is 0 Å². The minimum Gasteiger partial charge on any atom is -0.462 e. The maximum Gasteiger partial charge on any atom is 0.472 e. The maximum absolute atomic E-state index is 12.7. The minimum atomic E-state index is -4.38. The van der Waals surface area contributed by atoms with Gasteiger partial charge >= 0.3 is 19.8 Å². The number of rotatable bonds is 57. The van der Waals surface area contributed by atoms with Crippen LogP contribution in [0.15, 0.2) is 24.3 Å². The van der Waals surface area contributed by atoms with Gasteiger partial charge in [-0.15, -0.1) is 0 Å². The SMILES string of the molecule is CCCCCCCC/C=C\CCCCCCCCCC(=O)OCC(COP(=O)(O)OCCN)OC(=O)CCCCCCCCCCCCCCCCCCCCC/C=C\CCCCCCCCCC. The van der Waals surface area contributed by atoms with Crippen LogP contribution in [0.2, 0.25) is 0 Å². The predicted molar refractivity (Wildman–Crippen MR) is 294 cm³/mol. The predicted octanol–water partition coefficient (Wildman–Crippen LogP) is 18.6. The highest BCUT2D eigenvalue weighted by atomic mass is 31.2. The van der Waals surface area contributed by atoms with Gasteiger partial charge in [-0.1, -0.05) is 256 Å². The summed E-state index contributed by atoms with van der Waals surface area (Å²) in [5, 5.41) is 0. The van der Waals surface area contributed by atoms with Gasteiger partial charge < -0.3 is 20.1 Å². The van der Waals surface area contributed by atoms with Gasteiger partial charge in [-0.2, -0.15) is 0 Å². The molecule has 0 rings (SSSR count). The van der Waals surface area contributed by atoms with Crippen LogP contribution in [0.5, 0.6) is 0 Å². The summed E-state index contributed by atoms with van der Waals surface area (Å²) in [5.41, 5.74) is 5.38. The molecule has 0 aromatic heterocycles. The van der Waals surface area contributed by atoms with E-state index in [1.54, 1.807) is 0 Å². The molecule has 0 aromatic rings. The Morgan fingerprint density at radius 1 is 0.420 bits per heavy atom. The number of nitrogens with two attached hydrogens (primary N) is 1. The highest BCUT2D eigenvalue weighted by Gasteiger charge is 2.26. The fourth-order valence-corrected chi connectivity index (χ4v) is 9.63. The largest absolute Gasteiger partial charge is 0.472 e. The van der Waals surface area contributed by atoms with Gasteiger partial charge in [0.15, 0.2) is 6.10 Å². The van der Waals surface area contributed by atoms with Crippen LogP contribution in [0, 0.1) is 0 Å². The minimum absolute atomic E-state index is 0.0552. The summed E-state index contributed by atoms with van der Waals surface area (Å²) in [6.45, 7) is 3.78. The van der Waals surface area contributed by atoms with Gasteiger partial charge in [0.05, 0.1) is 13.2 Å². The second-order valence-corrected chi connectivity index (χ2v) is 21.7. The lowest BCUT2D eigenvalue weighted by molar-refractivity contribution is -0.161. The van der Waals surface area contributed by atoms with Crippen molar-refractivity contribution < 1.29 is 37.6 Å². The highest BCUT2D eigenvalue weighted by molar-refractivity contribution is 7.47. The van der Waals surface area contributed by atoms with Gasteiger partial charge in [0.1, 0.15) is 6.61 Å². The highest BCUT2D eigenvalue weighted by Crippen LogP contribution is 2.43. The lowest BCUT2D eigenvalue weighted by atomic mass is 10.0. The lowest BCUT2D eigenvalue weighted by Crippen LogP contribution is -2.29. The van der Waals surface area contributed by atoms with Gasteiger partial charge in [-0.3, -0.25) is 18.6 Å². The van der Waals surface area contributed by atoms with Crippen LogP contribution in [0.4, 0.5) is 0 Å². The third kappa shape index (κ3) is 55.7. The van der Waals surface area contributed by atoms with Crippen molar-refractivity contribution >= 4 is 19.8 Å². The van der Waals surface area contributed by atoms with Crippen molar-refractivity contribution in [1.82, 2.24) is 0 Å². The second kappa shape index (κ2) is 55.8. The number of carbonyl (C=O) groups is 2. The van der Waals surface area contributed by atoms with Crippen LogP contribution in [0.3, 0.4) is 0 Å². The molecule has 408 valence electrons. The Labute approximate surface area is 427 Å². The summed E-state index contributed by atoms with van der Waals surface area (Å²) in [5.74, 6) is -0.817. The lowest BCUT2D eigenvalue weighted by Gasteiger charge is -2.19. The maximum atomic E-state index is 12.7. The zero-order chi connectivity index (χ0) is 50.2. The molecule has 0 aliphatic heterocycles. The van der Waals surface area contributed by atoms with Gasteiger partial charge in [-0.05, 0) is 64.2 Å². The van der Waals surface area contributed by atoms with Crippen LogP contribution in [-0.2, 0) is 32.7 Å². The molecule has 0 aliphatic carbocycles. The normalized spacial score (nSPS) is 13.2. The van der Waals surface area contributed by atoms with E-state index in [-0.39, 0.29) is 38.6 Å². The Bertz CT molecular complexity index is 1180. The quantitative estimate of drug-likeness (QED) is 0.0264. The van der Waals surface area contributed by atoms with Gasteiger partial charge in [-0.25, -0.2) is 4.57 Å². The van der Waals surface area contributed by atoms with Crippen molar-refractivity contribution in [2.24, 2.45) is 5.73 Å². The average molecular weight is 997 g/mol. The summed E-state index contributed by atoms with van der Waals surface area (Å²) in [4.78, 5) is 35.1. The van der Waals surface area contributed by atoms with Crippen molar-refractivity contribution in [3.05, 3.63) is 24.3 Å². The molecule has 0 heterocycles. The molecule has 0 amide bonds. The average Bonchev–Trinajstić information content (AvgIpc) is 3.34. The Kier molecular flexibility index (Phi) is 54.6. The van der Waals surface area contributed by atoms with E-state index in [1.807, 2.05) is 0 Å². The fraction of sp³-hybridized carbons (Fsp3) is 0.898. The Morgan fingerprint density at radius 3 is 1.03 bits per heavy atom. The smallest absolute Gasteiger partial charge is 0.462 e. The molecular weight excluding hydrogens is 882 g/mol. The van der Waals surface area contributed by atoms with E-state index in [0.29, 0.717) is 6.42 Å². The number of esters is 2. The van der Waals surface area contributed by atoms with Crippen molar-refractivity contribution in [2.75, 3.05) is 26.4 Å². The first-order valence-electron chi connectivity index (χ1n) is 29.8. The molecule has 0 bridgehead atoms. The summed E-state index contributed by atoms with van der Waals surface area (Å²) in [6, 6.07) is 0. The zero-order valence-electron chi connectivity index (χ0n) is 45.6. The van der Waals surface area contributed by atoms with Crippen LogP contribution < -0.4 is 5.73 Å². The number of phosphoric acid groups is 1. The van der Waals surface area contributed by atoms with Gasteiger partial charge in [0, 0.05) is 19.4 Å². The van der Waals surface area contributed by atoms with E-state index < -0.39 is 26.5 Å². The van der Waals surface area contributed by atoms with E-state index in [4.69, 9.17) is 24.3 Å². The molecule has 0 aromatic carbocycles. The van der Waals surface area contributed by atoms with E-state index in [1.165, 1.54) is 238 Å². The number of hydrogen-bond donors (Lipinski definition) is 2. The van der Waals surface area contributed by atoms with Crippen LogP contribution in [0.1, 0.15) is 309 Å². The molecule has 2 unspecified atom stereocenters. The van der Waals surface area contributed by atoms with Crippen LogP contribution in [-0.4, -0.2) is 49.3 Å². The molecule has 69 heavy (non-hydrogen) atoms. The van der Waals surface area contributed by atoms with Crippen molar-refractivity contribution in [3.63, 3.8) is 0 Å². The number of hydrogen-bond acceptors (Lipinski definition) is 8. The summed E-state index contributed by atoms with van der Waals surface area (Å²) in [7, 11) is -4.38. The number of unbranched alkanes of at least 4 members (excludes halogenated alkanes) is 40. The second-order valence-electron chi connectivity index (χ2n) is 20.2. The summed E-state index contributed by atoms with van der Waals surface area (Å²) >= 11 is 0. The first kappa shape index (κ1) is 67.5. The molecule has 2 atom stereocenters. The molecule has 0 aliphatic rings. The fourth-order valence-electron chi connectivity index (χ4n) is 8.86. The molecule has 0 fully saturated rings. The van der Waals surface area contributed by atoms with Crippen molar-refractivity contribution in [1.29, 1.82) is 0 Å². The number of ether oxygens (including phenoxy) is 2. The Balaban J connectivity index is 3.87. The number of phosphoric ester groups is 1. The third-order valence-corrected chi connectivity index (χ3v) is 14.3. The third-order valence-electron chi connectivity index (χ3n) is 13.3. The summed E-state index contributed by atoms with van der Waals surface area (Å²) < 4.78 is 33.0. The number of carbonyl (C=O) groups excluding carboxylic acids is 2. The van der Waals surface area contributed by atoms with E-state index in [0.717, 1.165) is 38.5 Å². The molecule has 3 N–H and O–H groups in total. The first-order valence-corrected chi connectivity index (χ1v) is 31.3. The molecule has 0 saturated heterocycles. The molecule has 10 heteroatoms.